The van der Waals surface area contributed by atoms with Crippen LogP contribution in [0.1, 0.15) is 33.3 Å². The minimum absolute atomic E-state index is 0.00844. The summed E-state index contributed by atoms with van der Waals surface area (Å²) in [6.45, 7) is 7.87. The van der Waals surface area contributed by atoms with E-state index in [1.54, 1.807) is 0 Å². The van der Waals surface area contributed by atoms with Crippen LogP contribution in [0.5, 0.6) is 0 Å². The molecule has 0 unspecified atom stereocenters. The standard InChI is InChI=1S/C16H20N2O/c1-11(2)14-17-13(12-8-6-5-7-9-12)10-16(3,4)15(19)18-14/h5-11H,1-4H3,(H,17,18,19). The molecule has 0 aliphatic carbocycles. The van der Waals surface area contributed by atoms with E-state index in [4.69, 9.17) is 0 Å². The zero-order chi connectivity index (χ0) is 14.0. The van der Waals surface area contributed by atoms with Gasteiger partial charge < -0.3 is 5.32 Å². The van der Waals surface area contributed by atoms with Crippen LogP contribution in [0.25, 0.3) is 5.70 Å². The first-order valence-electron chi connectivity index (χ1n) is 6.58. The highest BCUT2D eigenvalue weighted by molar-refractivity contribution is 6.05. The van der Waals surface area contributed by atoms with Crippen LogP contribution in [0.15, 0.2) is 41.4 Å². The summed E-state index contributed by atoms with van der Waals surface area (Å²) in [4.78, 5) is 16.8. The molecule has 0 saturated heterocycles. The Balaban J connectivity index is 2.53. The van der Waals surface area contributed by atoms with Gasteiger partial charge >= 0.3 is 0 Å². The Morgan fingerprint density at radius 3 is 2.37 bits per heavy atom. The number of rotatable bonds is 2. The number of nitrogens with zero attached hydrogens (tertiary/aromatic N) is 1. The van der Waals surface area contributed by atoms with Crippen molar-refractivity contribution < 1.29 is 4.79 Å². The molecule has 1 heterocycles. The normalized spacial score (nSPS) is 18.5. The highest BCUT2D eigenvalue weighted by atomic mass is 16.2. The lowest BCUT2D eigenvalue weighted by Crippen LogP contribution is -2.40. The second-order valence-electron chi connectivity index (χ2n) is 5.72. The van der Waals surface area contributed by atoms with Crippen molar-refractivity contribution in [3.8, 4) is 0 Å². The monoisotopic (exact) mass is 256 g/mol. The molecule has 0 radical (unpaired) electrons. The number of benzene rings is 1. The van der Waals surface area contributed by atoms with Crippen LogP contribution in [-0.2, 0) is 4.79 Å². The van der Waals surface area contributed by atoms with E-state index in [-0.39, 0.29) is 11.8 Å². The van der Waals surface area contributed by atoms with Crippen molar-refractivity contribution in [1.82, 2.24) is 5.32 Å². The van der Waals surface area contributed by atoms with Crippen molar-refractivity contribution >= 4 is 17.4 Å². The average Bonchev–Trinajstić information content (AvgIpc) is 2.48. The van der Waals surface area contributed by atoms with Crippen molar-refractivity contribution in [1.29, 1.82) is 0 Å². The van der Waals surface area contributed by atoms with Crippen molar-refractivity contribution in [2.24, 2.45) is 16.3 Å². The molecule has 0 fully saturated rings. The summed E-state index contributed by atoms with van der Waals surface area (Å²) in [5.41, 5.74) is 1.32. The Morgan fingerprint density at radius 1 is 1.16 bits per heavy atom. The van der Waals surface area contributed by atoms with E-state index in [9.17, 15) is 4.79 Å². The van der Waals surface area contributed by atoms with Gasteiger partial charge in [0.2, 0.25) is 5.91 Å². The number of amidine groups is 1. The van der Waals surface area contributed by atoms with Crippen molar-refractivity contribution in [3.05, 3.63) is 42.0 Å². The van der Waals surface area contributed by atoms with Crippen LogP contribution in [0.2, 0.25) is 0 Å². The largest absolute Gasteiger partial charge is 0.313 e. The van der Waals surface area contributed by atoms with Gasteiger partial charge in [0.25, 0.3) is 0 Å². The lowest BCUT2D eigenvalue weighted by Gasteiger charge is -2.18. The molecule has 1 aromatic carbocycles. The molecule has 1 aromatic rings. The number of nitrogens with one attached hydrogen (secondary N) is 1. The summed E-state index contributed by atoms with van der Waals surface area (Å²) in [7, 11) is 0. The second-order valence-corrected chi connectivity index (χ2v) is 5.72. The average molecular weight is 256 g/mol. The Kier molecular flexibility index (Phi) is 3.56. The summed E-state index contributed by atoms with van der Waals surface area (Å²) in [5.74, 6) is 0.904. The van der Waals surface area contributed by atoms with E-state index in [0.29, 0.717) is 0 Å². The third-order valence-electron chi connectivity index (χ3n) is 3.18. The number of carbonyl (C=O) groups is 1. The van der Waals surface area contributed by atoms with Gasteiger partial charge in [-0.25, -0.2) is 4.99 Å². The third kappa shape index (κ3) is 2.92. The Hall–Kier alpha value is -1.90. The number of amides is 1. The Morgan fingerprint density at radius 2 is 1.79 bits per heavy atom. The summed E-state index contributed by atoms with van der Waals surface area (Å²) < 4.78 is 0. The number of hydrogen-bond acceptors (Lipinski definition) is 2. The van der Waals surface area contributed by atoms with Gasteiger partial charge in [-0.15, -0.1) is 0 Å². The Labute approximate surface area is 114 Å². The Bertz CT molecular complexity index is 539. The summed E-state index contributed by atoms with van der Waals surface area (Å²) in [5, 5.41) is 2.93. The fourth-order valence-corrected chi connectivity index (χ4v) is 1.90. The number of hydrogen-bond donors (Lipinski definition) is 1. The molecule has 0 saturated carbocycles. The van der Waals surface area contributed by atoms with Crippen molar-refractivity contribution in [3.63, 3.8) is 0 Å². The molecular formula is C16H20N2O. The first-order chi connectivity index (χ1) is 8.90. The van der Waals surface area contributed by atoms with Crippen LogP contribution >= 0.6 is 0 Å². The van der Waals surface area contributed by atoms with Gasteiger partial charge in [-0.05, 0) is 25.5 Å². The SMILES string of the molecule is CC(C)C1=NC(c2ccccc2)=CC(C)(C)C(=O)N1. The molecule has 2 rings (SSSR count). The fraction of sp³-hybridized carbons (Fsp3) is 0.375. The number of carbonyl (C=O) groups excluding carboxylic acids is 1. The van der Waals surface area contributed by atoms with E-state index in [1.807, 2.05) is 64.1 Å². The molecule has 1 N–H and O–H groups in total. The van der Waals surface area contributed by atoms with E-state index >= 15 is 0 Å². The predicted octanol–water partition coefficient (Wildman–Crippen LogP) is 3.24. The summed E-state index contributed by atoms with van der Waals surface area (Å²) in [6.07, 6.45) is 1.94. The molecule has 0 bridgehead atoms. The van der Waals surface area contributed by atoms with Gasteiger partial charge in [-0.1, -0.05) is 44.2 Å². The zero-order valence-electron chi connectivity index (χ0n) is 11.9. The molecular weight excluding hydrogens is 236 g/mol. The second kappa shape index (κ2) is 5.00. The van der Waals surface area contributed by atoms with Gasteiger partial charge in [-0.3, -0.25) is 4.79 Å². The molecule has 19 heavy (non-hydrogen) atoms. The lowest BCUT2D eigenvalue weighted by atomic mass is 9.90. The number of aliphatic imine (C=N–C) groups is 1. The smallest absolute Gasteiger partial charge is 0.234 e. The minimum atomic E-state index is -0.564. The minimum Gasteiger partial charge on any atom is -0.313 e. The highest BCUT2D eigenvalue weighted by Crippen LogP contribution is 2.28. The van der Waals surface area contributed by atoms with E-state index in [2.05, 4.69) is 10.3 Å². The topological polar surface area (TPSA) is 41.5 Å². The molecule has 100 valence electrons. The molecule has 3 nitrogen and oxygen atoms in total. The molecule has 1 aliphatic heterocycles. The van der Waals surface area contributed by atoms with E-state index in [1.165, 1.54) is 0 Å². The van der Waals surface area contributed by atoms with Gasteiger partial charge in [0, 0.05) is 5.92 Å². The highest BCUT2D eigenvalue weighted by Gasteiger charge is 2.30. The first-order valence-corrected chi connectivity index (χ1v) is 6.58. The van der Waals surface area contributed by atoms with Crippen molar-refractivity contribution in [2.75, 3.05) is 0 Å². The fourth-order valence-electron chi connectivity index (χ4n) is 1.90. The van der Waals surface area contributed by atoms with Crippen LogP contribution in [-0.4, -0.2) is 11.7 Å². The summed E-state index contributed by atoms with van der Waals surface area (Å²) >= 11 is 0. The van der Waals surface area contributed by atoms with Crippen LogP contribution in [0, 0.1) is 11.3 Å². The maximum Gasteiger partial charge on any atom is 0.234 e. The maximum atomic E-state index is 12.2. The molecule has 1 aliphatic rings. The van der Waals surface area contributed by atoms with E-state index in [0.717, 1.165) is 17.1 Å². The first kappa shape index (κ1) is 13.5. The molecule has 0 aromatic heterocycles. The maximum absolute atomic E-state index is 12.2. The molecule has 3 heteroatoms. The third-order valence-corrected chi connectivity index (χ3v) is 3.18. The van der Waals surface area contributed by atoms with Crippen LogP contribution < -0.4 is 5.32 Å². The molecule has 0 atom stereocenters. The van der Waals surface area contributed by atoms with Gasteiger partial charge in [0.05, 0.1) is 11.1 Å². The zero-order valence-corrected chi connectivity index (χ0v) is 11.9. The van der Waals surface area contributed by atoms with Crippen LogP contribution in [0.3, 0.4) is 0 Å². The molecule has 1 amide bonds. The van der Waals surface area contributed by atoms with Gasteiger partial charge in [0.15, 0.2) is 0 Å². The molecule has 0 spiro atoms. The van der Waals surface area contributed by atoms with Gasteiger partial charge in [0.1, 0.15) is 5.84 Å². The van der Waals surface area contributed by atoms with Gasteiger partial charge in [-0.2, -0.15) is 0 Å². The quantitative estimate of drug-likeness (QED) is 0.867. The van der Waals surface area contributed by atoms with E-state index < -0.39 is 5.41 Å². The summed E-state index contributed by atoms with van der Waals surface area (Å²) in [6, 6.07) is 9.96. The van der Waals surface area contributed by atoms with Crippen molar-refractivity contribution in [2.45, 2.75) is 27.7 Å². The predicted molar refractivity (Wildman–Crippen MR) is 78.6 cm³/mol. The van der Waals surface area contributed by atoms with Crippen LogP contribution in [0.4, 0.5) is 0 Å². The lowest BCUT2D eigenvalue weighted by molar-refractivity contribution is -0.125.